The maximum Gasteiger partial charge on any atom is 0.586 e. The number of halogens is 5. The molecule has 2 aromatic heterocycles. The van der Waals surface area contributed by atoms with Crippen LogP contribution in [0.3, 0.4) is 0 Å². The Bertz CT molecular complexity index is 1810. The maximum atomic E-state index is 14.1. The molecule has 1 amide bonds. The second-order valence-corrected chi connectivity index (χ2v) is 9.86. The lowest BCUT2D eigenvalue weighted by molar-refractivity contribution is -0.286. The maximum absolute atomic E-state index is 14.1. The van der Waals surface area contributed by atoms with Crippen molar-refractivity contribution in [2.24, 2.45) is 0 Å². The highest BCUT2D eigenvalue weighted by atomic mass is 19.4. The van der Waals surface area contributed by atoms with Crippen LogP contribution in [-0.4, -0.2) is 53.7 Å². The number of anilines is 1. The summed E-state index contributed by atoms with van der Waals surface area (Å²) in [4.78, 5) is 30.5. The molecule has 0 radical (unpaired) electrons. The highest BCUT2D eigenvalue weighted by Gasteiger charge is 2.44. The number of pyridine rings is 1. The van der Waals surface area contributed by atoms with E-state index < -0.39 is 42.8 Å². The summed E-state index contributed by atoms with van der Waals surface area (Å²) in [6.45, 7) is -0.571. The summed E-state index contributed by atoms with van der Waals surface area (Å²) in [6.07, 6.45) is -7.30. The van der Waals surface area contributed by atoms with Crippen molar-refractivity contribution in [3.05, 3.63) is 89.0 Å². The molecule has 1 atom stereocenters. The fraction of sp³-hybridized carbons (Fsp3) is 0.241. The number of rotatable bonds is 6. The molecule has 1 unspecified atom stereocenters. The summed E-state index contributed by atoms with van der Waals surface area (Å²) in [5.41, 5.74) is -1.04. The summed E-state index contributed by atoms with van der Waals surface area (Å²) < 4.78 is 95.3. The molecule has 4 aromatic rings. The van der Waals surface area contributed by atoms with E-state index in [-0.39, 0.29) is 57.6 Å². The van der Waals surface area contributed by atoms with E-state index >= 15 is 0 Å². The number of aromatic nitrogens is 3. The van der Waals surface area contributed by atoms with Gasteiger partial charge in [0.25, 0.3) is 5.91 Å². The molecule has 16 heteroatoms. The van der Waals surface area contributed by atoms with Crippen molar-refractivity contribution in [1.82, 2.24) is 14.8 Å². The van der Waals surface area contributed by atoms with Crippen LogP contribution in [0.4, 0.5) is 27.6 Å². The molecule has 6 rings (SSSR count). The third-order valence-electron chi connectivity index (χ3n) is 6.94. The zero-order valence-corrected chi connectivity index (χ0v) is 23.3. The molecular formula is C29H21F5N4O7. The average molecular weight is 632 g/mol. The van der Waals surface area contributed by atoms with Crippen molar-refractivity contribution in [3.63, 3.8) is 0 Å². The number of carbonyl (C=O) groups is 2. The van der Waals surface area contributed by atoms with Gasteiger partial charge in [0.05, 0.1) is 43.5 Å². The Kier molecular flexibility index (Phi) is 7.31. The Labute approximate surface area is 250 Å². The van der Waals surface area contributed by atoms with E-state index in [0.717, 1.165) is 9.58 Å². The van der Waals surface area contributed by atoms with Crippen LogP contribution in [0.2, 0.25) is 0 Å². The molecule has 0 N–H and O–H groups in total. The van der Waals surface area contributed by atoms with Gasteiger partial charge >= 0.3 is 18.4 Å². The van der Waals surface area contributed by atoms with E-state index in [2.05, 4.69) is 24.3 Å². The van der Waals surface area contributed by atoms with E-state index in [1.807, 2.05) is 0 Å². The lowest BCUT2D eigenvalue weighted by Crippen LogP contribution is -2.27. The van der Waals surface area contributed by atoms with Crippen molar-refractivity contribution in [3.8, 4) is 22.9 Å². The molecule has 2 aliphatic rings. The summed E-state index contributed by atoms with van der Waals surface area (Å²) in [5.74, 6) is -1.71. The fourth-order valence-electron chi connectivity index (χ4n) is 4.90. The van der Waals surface area contributed by atoms with Gasteiger partial charge in [-0.05, 0) is 36.4 Å². The van der Waals surface area contributed by atoms with E-state index in [0.29, 0.717) is 0 Å². The van der Waals surface area contributed by atoms with Crippen LogP contribution in [0.15, 0.2) is 60.9 Å². The predicted octanol–water partition coefficient (Wildman–Crippen LogP) is 5.32. The van der Waals surface area contributed by atoms with Gasteiger partial charge < -0.3 is 28.6 Å². The number of carbonyl (C=O) groups excluding carboxylic acids is 2. The lowest BCUT2D eigenvalue weighted by atomic mass is 10.1. The first-order valence-electron chi connectivity index (χ1n) is 13.1. The monoisotopic (exact) mass is 632 g/mol. The molecule has 45 heavy (non-hydrogen) atoms. The topological polar surface area (TPSA) is 114 Å². The third-order valence-corrected chi connectivity index (χ3v) is 6.94. The fourth-order valence-corrected chi connectivity index (χ4v) is 4.90. The molecule has 11 nitrogen and oxygen atoms in total. The van der Waals surface area contributed by atoms with Crippen LogP contribution in [0, 0.1) is 0 Å². The van der Waals surface area contributed by atoms with Crippen LogP contribution in [0.5, 0.6) is 17.2 Å². The van der Waals surface area contributed by atoms with Crippen molar-refractivity contribution in [1.29, 1.82) is 0 Å². The number of benzene rings is 2. The van der Waals surface area contributed by atoms with E-state index in [1.165, 1.54) is 75.1 Å². The van der Waals surface area contributed by atoms with Gasteiger partial charge in [-0.15, -0.1) is 8.78 Å². The summed E-state index contributed by atoms with van der Waals surface area (Å²) >= 11 is 0. The number of hydrogen-bond acceptors (Lipinski definition) is 9. The predicted molar refractivity (Wildman–Crippen MR) is 143 cm³/mol. The van der Waals surface area contributed by atoms with Crippen LogP contribution in [0.1, 0.15) is 43.8 Å². The first-order chi connectivity index (χ1) is 21.3. The molecule has 0 fully saturated rings. The SMILES string of the molecule is COC(=O)c1cncc(OC2COCc3c(C(F)(F)F)nn(-c4cccc(C(=O)N(C)c5ccc6c(c5)OC(F)(F)O6)c4)c32)c1. The van der Waals surface area contributed by atoms with Gasteiger partial charge in [0.15, 0.2) is 23.3 Å². The highest BCUT2D eigenvalue weighted by molar-refractivity contribution is 6.06. The number of ether oxygens (including phenoxy) is 5. The van der Waals surface area contributed by atoms with Gasteiger partial charge in [-0.1, -0.05) is 6.07 Å². The minimum absolute atomic E-state index is 0.0201. The summed E-state index contributed by atoms with van der Waals surface area (Å²) in [5, 5.41) is 3.86. The lowest BCUT2D eigenvalue weighted by Gasteiger charge is -2.26. The zero-order chi connectivity index (χ0) is 32.1. The molecule has 0 bridgehead atoms. The highest BCUT2D eigenvalue weighted by Crippen LogP contribution is 2.43. The Morgan fingerprint density at radius 1 is 1.04 bits per heavy atom. The smallest absolute Gasteiger partial charge is 0.480 e. The quantitative estimate of drug-likeness (QED) is 0.206. The van der Waals surface area contributed by atoms with E-state index in [4.69, 9.17) is 9.47 Å². The van der Waals surface area contributed by atoms with Crippen LogP contribution >= 0.6 is 0 Å². The standard InChI is InChI=1S/C29H21F5N4O7/c1-37(17-6-7-21-22(10-17)45-29(33,34)44-21)26(39)15-4-3-5-18(8-15)38-24-20(25(36-38)28(30,31)32)13-42-14-23(24)43-19-9-16(11-35-12-19)27(40)41-2/h3-12,23H,13-14H2,1-2H3. The zero-order valence-electron chi connectivity index (χ0n) is 23.3. The Balaban J connectivity index is 1.35. The first kappa shape index (κ1) is 29.8. The van der Waals surface area contributed by atoms with Crippen LogP contribution < -0.4 is 19.1 Å². The van der Waals surface area contributed by atoms with E-state index in [9.17, 15) is 31.5 Å². The normalized spacial score (nSPS) is 16.6. The molecule has 0 spiro atoms. The van der Waals surface area contributed by atoms with Crippen molar-refractivity contribution >= 4 is 17.6 Å². The second-order valence-electron chi connectivity index (χ2n) is 9.86. The first-order valence-corrected chi connectivity index (χ1v) is 13.1. The number of amides is 1. The van der Waals surface area contributed by atoms with E-state index in [1.54, 1.807) is 0 Å². The number of nitrogens with zero attached hydrogens (tertiary/aromatic N) is 4. The summed E-state index contributed by atoms with van der Waals surface area (Å²) in [6, 6.07) is 10.8. The molecular weight excluding hydrogens is 611 g/mol. The molecule has 0 saturated heterocycles. The number of hydrogen-bond donors (Lipinski definition) is 0. The van der Waals surface area contributed by atoms with Gasteiger partial charge in [0.1, 0.15) is 5.75 Å². The van der Waals surface area contributed by atoms with Gasteiger partial charge in [-0.2, -0.15) is 18.3 Å². The molecule has 2 aromatic carbocycles. The van der Waals surface area contributed by atoms with Gasteiger partial charge in [-0.25, -0.2) is 9.48 Å². The average Bonchev–Trinajstić information content (AvgIpc) is 3.57. The summed E-state index contributed by atoms with van der Waals surface area (Å²) in [7, 11) is 2.57. The minimum atomic E-state index is -4.85. The molecule has 4 heterocycles. The molecule has 0 saturated carbocycles. The van der Waals surface area contributed by atoms with Crippen molar-refractivity contribution < 1.29 is 55.2 Å². The van der Waals surface area contributed by atoms with Crippen LogP contribution in [0.25, 0.3) is 5.69 Å². The van der Waals surface area contributed by atoms with Crippen molar-refractivity contribution in [2.75, 3.05) is 25.7 Å². The van der Waals surface area contributed by atoms with Gasteiger partial charge in [0, 0.05) is 36.1 Å². The molecule has 2 aliphatic heterocycles. The largest absolute Gasteiger partial charge is 0.586 e. The second kappa shape index (κ2) is 11.0. The Morgan fingerprint density at radius 2 is 1.82 bits per heavy atom. The van der Waals surface area contributed by atoms with Crippen LogP contribution in [-0.2, 0) is 22.3 Å². The van der Waals surface area contributed by atoms with Crippen molar-refractivity contribution in [2.45, 2.75) is 25.2 Å². The number of fused-ring (bicyclic) bond motifs is 2. The van der Waals surface area contributed by atoms with Gasteiger partial charge in [0.2, 0.25) is 0 Å². The number of alkyl halides is 5. The molecule has 0 aliphatic carbocycles. The minimum Gasteiger partial charge on any atom is -0.480 e. The van der Waals surface area contributed by atoms with Gasteiger partial charge in [-0.3, -0.25) is 9.78 Å². The Morgan fingerprint density at radius 3 is 2.58 bits per heavy atom. The third kappa shape index (κ3) is 5.71. The molecule has 234 valence electrons. The number of esters is 1. The number of methoxy groups -OCH3 is 1. The Hall–Kier alpha value is -5.25.